The highest BCUT2D eigenvalue weighted by Crippen LogP contribution is 2.26. The molecule has 6 heteroatoms. The van der Waals surface area contributed by atoms with Gasteiger partial charge in [0.15, 0.2) is 0 Å². The third-order valence-electron chi connectivity index (χ3n) is 3.82. The Balaban J connectivity index is 1.86. The van der Waals surface area contributed by atoms with E-state index >= 15 is 0 Å². The molecule has 1 aromatic rings. The third kappa shape index (κ3) is 3.84. The number of nitro groups is 1. The molecular formula is C14H20ClN3O2. The fourth-order valence-electron chi connectivity index (χ4n) is 2.58. The molecule has 2 rings (SSSR count). The first-order chi connectivity index (χ1) is 9.58. The van der Waals surface area contributed by atoms with Crippen LogP contribution >= 0.6 is 11.6 Å². The van der Waals surface area contributed by atoms with E-state index in [1.54, 1.807) is 6.07 Å². The highest BCUT2D eigenvalue weighted by Gasteiger charge is 2.17. The van der Waals surface area contributed by atoms with Crippen molar-refractivity contribution in [1.29, 1.82) is 0 Å². The second-order valence-corrected chi connectivity index (χ2v) is 5.64. The summed E-state index contributed by atoms with van der Waals surface area (Å²) >= 11 is 6.04. The smallest absolute Gasteiger partial charge is 0.271 e. The van der Waals surface area contributed by atoms with Crippen molar-refractivity contribution in [3.8, 4) is 0 Å². The fourth-order valence-corrected chi connectivity index (χ4v) is 2.83. The summed E-state index contributed by atoms with van der Waals surface area (Å²) in [6, 6.07) is 5.16. The van der Waals surface area contributed by atoms with Crippen LogP contribution in [-0.2, 0) is 0 Å². The van der Waals surface area contributed by atoms with Crippen LogP contribution in [0, 0.1) is 10.1 Å². The Bertz CT molecular complexity index is 481. The number of hydrogen-bond acceptors (Lipinski definition) is 4. The van der Waals surface area contributed by atoms with Gasteiger partial charge in [-0.1, -0.05) is 18.0 Å². The minimum absolute atomic E-state index is 0.0187. The van der Waals surface area contributed by atoms with Crippen LogP contribution in [-0.4, -0.2) is 35.5 Å². The third-order valence-corrected chi connectivity index (χ3v) is 4.13. The summed E-state index contributed by atoms with van der Waals surface area (Å²) in [5, 5.41) is 14.3. The van der Waals surface area contributed by atoms with Gasteiger partial charge in [0, 0.05) is 31.3 Å². The summed E-state index contributed by atoms with van der Waals surface area (Å²) in [7, 11) is 0. The van der Waals surface area contributed by atoms with Gasteiger partial charge in [-0.15, -0.1) is 0 Å². The molecule has 1 atom stereocenters. The minimum Gasteiger partial charge on any atom is -0.383 e. The van der Waals surface area contributed by atoms with Crippen LogP contribution in [0.1, 0.15) is 26.2 Å². The van der Waals surface area contributed by atoms with E-state index in [0.717, 1.165) is 25.3 Å². The topological polar surface area (TPSA) is 58.4 Å². The SMILES string of the molecule is C[C@@H]1CCCCN1CCNc1ccc([N+](=O)[O-])cc1Cl. The average molecular weight is 298 g/mol. The van der Waals surface area contributed by atoms with Crippen molar-refractivity contribution >= 4 is 23.0 Å². The summed E-state index contributed by atoms with van der Waals surface area (Å²) in [5.41, 5.74) is 0.770. The molecule has 0 unspecified atom stereocenters. The molecule has 0 bridgehead atoms. The molecule has 20 heavy (non-hydrogen) atoms. The van der Waals surface area contributed by atoms with Crippen LogP contribution in [0.25, 0.3) is 0 Å². The highest BCUT2D eigenvalue weighted by molar-refractivity contribution is 6.33. The Kier molecular flexibility index (Phi) is 5.20. The quantitative estimate of drug-likeness (QED) is 0.667. The number of piperidine rings is 1. The highest BCUT2D eigenvalue weighted by atomic mass is 35.5. The van der Waals surface area contributed by atoms with E-state index in [4.69, 9.17) is 11.6 Å². The number of non-ortho nitro benzene ring substituents is 1. The molecule has 5 nitrogen and oxygen atoms in total. The lowest BCUT2D eigenvalue weighted by Gasteiger charge is -2.33. The lowest BCUT2D eigenvalue weighted by molar-refractivity contribution is -0.384. The Hall–Kier alpha value is -1.33. The van der Waals surface area contributed by atoms with Gasteiger partial charge in [0.2, 0.25) is 0 Å². The van der Waals surface area contributed by atoms with Gasteiger partial charge in [-0.2, -0.15) is 0 Å². The van der Waals surface area contributed by atoms with Crippen molar-refractivity contribution in [2.45, 2.75) is 32.2 Å². The first kappa shape index (κ1) is 15.1. The monoisotopic (exact) mass is 297 g/mol. The Morgan fingerprint density at radius 3 is 2.95 bits per heavy atom. The maximum Gasteiger partial charge on any atom is 0.271 e. The number of benzene rings is 1. The molecule has 0 spiro atoms. The number of nitrogens with zero attached hydrogens (tertiary/aromatic N) is 2. The molecule has 1 fully saturated rings. The number of hydrogen-bond donors (Lipinski definition) is 1. The van der Waals surface area contributed by atoms with Gasteiger partial charge < -0.3 is 5.32 Å². The zero-order chi connectivity index (χ0) is 14.5. The van der Waals surface area contributed by atoms with E-state index < -0.39 is 4.92 Å². The van der Waals surface area contributed by atoms with Crippen LogP contribution in [0.15, 0.2) is 18.2 Å². The van der Waals surface area contributed by atoms with Gasteiger partial charge in [-0.25, -0.2) is 0 Å². The number of halogens is 1. The van der Waals surface area contributed by atoms with Crippen LogP contribution in [0.3, 0.4) is 0 Å². The van der Waals surface area contributed by atoms with Crippen LogP contribution < -0.4 is 5.32 Å². The number of anilines is 1. The molecular weight excluding hydrogens is 278 g/mol. The molecule has 1 aromatic carbocycles. The summed E-state index contributed by atoms with van der Waals surface area (Å²) in [5.74, 6) is 0. The second kappa shape index (κ2) is 6.90. The van der Waals surface area contributed by atoms with Crippen molar-refractivity contribution in [2.75, 3.05) is 25.0 Å². The summed E-state index contributed by atoms with van der Waals surface area (Å²) < 4.78 is 0. The first-order valence-electron chi connectivity index (χ1n) is 7.00. The van der Waals surface area contributed by atoms with Crippen molar-refractivity contribution in [3.63, 3.8) is 0 Å². The lowest BCUT2D eigenvalue weighted by atomic mass is 10.0. The predicted molar refractivity (Wildman–Crippen MR) is 81.5 cm³/mol. The molecule has 110 valence electrons. The number of nitrogens with one attached hydrogen (secondary N) is 1. The normalized spacial score (nSPS) is 19.8. The zero-order valence-electron chi connectivity index (χ0n) is 11.6. The van der Waals surface area contributed by atoms with E-state index in [0.29, 0.717) is 11.1 Å². The van der Waals surface area contributed by atoms with E-state index in [2.05, 4.69) is 17.1 Å². The van der Waals surface area contributed by atoms with Crippen molar-refractivity contribution in [1.82, 2.24) is 4.90 Å². The molecule has 1 N–H and O–H groups in total. The van der Waals surface area contributed by atoms with E-state index in [9.17, 15) is 10.1 Å². The summed E-state index contributed by atoms with van der Waals surface area (Å²) in [6.45, 7) is 5.17. The Labute approximate surface area is 124 Å². The van der Waals surface area contributed by atoms with E-state index in [1.807, 2.05) is 0 Å². The molecule has 0 amide bonds. The molecule has 0 saturated carbocycles. The maximum absolute atomic E-state index is 10.6. The zero-order valence-corrected chi connectivity index (χ0v) is 12.4. The molecule has 0 aromatic heterocycles. The Morgan fingerprint density at radius 2 is 2.30 bits per heavy atom. The molecule has 1 heterocycles. The Morgan fingerprint density at radius 1 is 1.50 bits per heavy atom. The van der Waals surface area contributed by atoms with Gasteiger partial charge in [0.05, 0.1) is 15.6 Å². The van der Waals surface area contributed by atoms with Gasteiger partial charge in [-0.05, 0) is 32.4 Å². The largest absolute Gasteiger partial charge is 0.383 e. The minimum atomic E-state index is -0.439. The maximum atomic E-state index is 10.6. The molecule has 1 aliphatic heterocycles. The van der Waals surface area contributed by atoms with Crippen molar-refractivity contribution < 1.29 is 4.92 Å². The fraction of sp³-hybridized carbons (Fsp3) is 0.571. The van der Waals surface area contributed by atoms with E-state index in [1.165, 1.54) is 31.4 Å². The molecule has 1 aliphatic rings. The van der Waals surface area contributed by atoms with Crippen LogP contribution in [0.4, 0.5) is 11.4 Å². The van der Waals surface area contributed by atoms with Gasteiger partial charge in [0.1, 0.15) is 0 Å². The summed E-state index contributed by atoms with van der Waals surface area (Å²) in [4.78, 5) is 12.7. The predicted octanol–water partition coefficient (Wildman–Crippen LogP) is 3.53. The number of likely N-dealkylation sites (tertiary alicyclic amines) is 1. The van der Waals surface area contributed by atoms with Crippen LogP contribution in [0.5, 0.6) is 0 Å². The average Bonchev–Trinajstić information content (AvgIpc) is 2.42. The van der Waals surface area contributed by atoms with Gasteiger partial charge in [-0.3, -0.25) is 15.0 Å². The van der Waals surface area contributed by atoms with Crippen LogP contribution in [0.2, 0.25) is 5.02 Å². The standard InChI is InChI=1S/C14H20ClN3O2/c1-11-4-2-3-8-17(11)9-7-16-14-6-5-12(18(19)20)10-13(14)15/h5-6,10-11,16H,2-4,7-9H2,1H3/t11-/m1/s1. The first-order valence-corrected chi connectivity index (χ1v) is 7.37. The number of rotatable bonds is 5. The molecule has 0 radical (unpaired) electrons. The summed E-state index contributed by atoms with van der Waals surface area (Å²) in [6.07, 6.45) is 3.85. The van der Waals surface area contributed by atoms with Crippen molar-refractivity contribution in [2.24, 2.45) is 0 Å². The molecule has 1 saturated heterocycles. The van der Waals surface area contributed by atoms with Gasteiger partial charge in [0.25, 0.3) is 5.69 Å². The van der Waals surface area contributed by atoms with Crippen molar-refractivity contribution in [3.05, 3.63) is 33.3 Å². The van der Waals surface area contributed by atoms with Gasteiger partial charge >= 0.3 is 0 Å². The second-order valence-electron chi connectivity index (χ2n) is 5.23. The lowest BCUT2D eigenvalue weighted by Crippen LogP contribution is -2.40. The molecule has 0 aliphatic carbocycles. The van der Waals surface area contributed by atoms with E-state index in [-0.39, 0.29) is 5.69 Å². The number of nitro benzene ring substituents is 1.